The standard InChI is InChI=1S/C15H22O3/c1-16-11-15(12-17-2)8-14(9-15)18-10-13-6-4-3-5-7-13/h3-7,14H,8-12H2,1-2H3. The molecular formula is C15H22O3. The molecular weight excluding hydrogens is 228 g/mol. The van der Waals surface area contributed by atoms with Gasteiger partial charge in [0.2, 0.25) is 0 Å². The number of ether oxygens (including phenoxy) is 3. The molecule has 0 aromatic heterocycles. The van der Waals surface area contributed by atoms with Crippen LogP contribution in [0.5, 0.6) is 0 Å². The Morgan fingerprint density at radius 3 is 2.22 bits per heavy atom. The minimum absolute atomic E-state index is 0.171. The average molecular weight is 250 g/mol. The van der Waals surface area contributed by atoms with Crippen LogP contribution < -0.4 is 0 Å². The molecule has 18 heavy (non-hydrogen) atoms. The van der Waals surface area contributed by atoms with Crippen molar-refractivity contribution >= 4 is 0 Å². The van der Waals surface area contributed by atoms with Gasteiger partial charge in [-0.05, 0) is 18.4 Å². The summed E-state index contributed by atoms with van der Waals surface area (Å²) in [5.74, 6) is 0. The summed E-state index contributed by atoms with van der Waals surface area (Å²) in [7, 11) is 3.49. The fraction of sp³-hybridized carbons (Fsp3) is 0.600. The first-order valence-electron chi connectivity index (χ1n) is 6.41. The van der Waals surface area contributed by atoms with Crippen molar-refractivity contribution in [3.8, 4) is 0 Å². The highest BCUT2D eigenvalue weighted by Crippen LogP contribution is 2.43. The minimum atomic E-state index is 0.171. The lowest BCUT2D eigenvalue weighted by Crippen LogP contribution is -2.48. The number of rotatable bonds is 7. The Morgan fingerprint density at radius 1 is 1.06 bits per heavy atom. The molecule has 0 radical (unpaired) electrons. The molecule has 1 aromatic rings. The molecule has 0 heterocycles. The Balaban J connectivity index is 1.74. The van der Waals surface area contributed by atoms with Crippen molar-refractivity contribution in [2.75, 3.05) is 27.4 Å². The number of benzene rings is 1. The largest absolute Gasteiger partial charge is 0.384 e. The molecule has 3 heteroatoms. The lowest BCUT2D eigenvalue weighted by Gasteiger charge is -2.46. The van der Waals surface area contributed by atoms with Crippen molar-refractivity contribution in [3.05, 3.63) is 35.9 Å². The van der Waals surface area contributed by atoms with Crippen LogP contribution in [-0.4, -0.2) is 33.5 Å². The van der Waals surface area contributed by atoms with Gasteiger partial charge < -0.3 is 14.2 Å². The Bertz CT molecular complexity index is 336. The summed E-state index contributed by atoms with van der Waals surface area (Å²) < 4.78 is 16.5. The van der Waals surface area contributed by atoms with Gasteiger partial charge in [0.25, 0.3) is 0 Å². The molecule has 0 amide bonds. The van der Waals surface area contributed by atoms with Crippen molar-refractivity contribution in [2.45, 2.75) is 25.6 Å². The Kier molecular flexibility index (Phi) is 4.75. The van der Waals surface area contributed by atoms with Crippen molar-refractivity contribution in [3.63, 3.8) is 0 Å². The molecule has 0 bridgehead atoms. The molecule has 1 fully saturated rings. The van der Waals surface area contributed by atoms with Gasteiger partial charge >= 0.3 is 0 Å². The summed E-state index contributed by atoms with van der Waals surface area (Å²) in [6.07, 6.45) is 2.40. The maximum atomic E-state index is 5.90. The van der Waals surface area contributed by atoms with Crippen LogP contribution in [0, 0.1) is 5.41 Å². The molecule has 1 aromatic carbocycles. The van der Waals surface area contributed by atoms with E-state index in [1.807, 2.05) is 18.2 Å². The second kappa shape index (κ2) is 6.32. The fourth-order valence-electron chi connectivity index (χ4n) is 2.70. The normalized spacial score (nSPS) is 18.6. The molecule has 0 unspecified atom stereocenters. The molecule has 1 saturated carbocycles. The Hall–Kier alpha value is -0.900. The van der Waals surface area contributed by atoms with E-state index < -0.39 is 0 Å². The van der Waals surface area contributed by atoms with Crippen molar-refractivity contribution in [1.82, 2.24) is 0 Å². The van der Waals surface area contributed by atoms with Gasteiger partial charge in [0.15, 0.2) is 0 Å². The monoisotopic (exact) mass is 250 g/mol. The van der Waals surface area contributed by atoms with E-state index in [0.717, 1.165) is 26.1 Å². The number of methoxy groups -OCH3 is 2. The summed E-state index contributed by atoms with van der Waals surface area (Å²) in [6.45, 7) is 2.21. The highest BCUT2D eigenvalue weighted by Gasteiger charge is 2.45. The molecule has 3 nitrogen and oxygen atoms in total. The van der Waals surface area contributed by atoms with Crippen LogP contribution >= 0.6 is 0 Å². The SMILES string of the molecule is COCC1(COC)CC(OCc2ccccc2)C1. The quantitative estimate of drug-likeness (QED) is 0.744. The summed E-state index contributed by atoms with van der Waals surface area (Å²) in [5.41, 5.74) is 1.40. The summed E-state index contributed by atoms with van der Waals surface area (Å²) >= 11 is 0. The van der Waals surface area contributed by atoms with Crippen LogP contribution in [0.15, 0.2) is 30.3 Å². The van der Waals surface area contributed by atoms with Gasteiger partial charge in [-0.15, -0.1) is 0 Å². The van der Waals surface area contributed by atoms with Crippen LogP contribution in [0.2, 0.25) is 0 Å². The van der Waals surface area contributed by atoms with Gasteiger partial charge in [-0.1, -0.05) is 30.3 Å². The van der Waals surface area contributed by atoms with Gasteiger partial charge in [0, 0.05) is 19.6 Å². The first-order valence-corrected chi connectivity index (χ1v) is 6.41. The van der Waals surface area contributed by atoms with E-state index in [9.17, 15) is 0 Å². The molecule has 1 aliphatic carbocycles. The van der Waals surface area contributed by atoms with Crippen LogP contribution in [-0.2, 0) is 20.8 Å². The van der Waals surface area contributed by atoms with E-state index in [1.54, 1.807) is 14.2 Å². The molecule has 1 aliphatic rings. The van der Waals surface area contributed by atoms with E-state index in [0.29, 0.717) is 12.7 Å². The summed E-state index contributed by atoms with van der Waals surface area (Å²) in [5, 5.41) is 0. The maximum absolute atomic E-state index is 5.90. The Labute approximate surface area is 109 Å². The number of hydrogen-bond acceptors (Lipinski definition) is 3. The third kappa shape index (κ3) is 3.31. The topological polar surface area (TPSA) is 27.7 Å². The molecule has 2 rings (SSSR count). The predicted molar refractivity (Wildman–Crippen MR) is 70.4 cm³/mol. The lowest BCUT2D eigenvalue weighted by atomic mass is 9.67. The molecule has 100 valence electrons. The first kappa shape index (κ1) is 13.5. The van der Waals surface area contributed by atoms with E-state index in [1.165, 1.54) is 5.56 Å². The predicted octanol–water partition coefficient (Wildman–Crippen LogP) is 2.64. The molecule has 0 saturated heterocycles. The van der Waals surface area contributed by atoms with Gasteiger partial charge in [0.05, 0.1) is 25.9 Å². The zero-order chi connectivity index (χ0) is 12.8. The second-order valence-corrected chi connectivity index (χ2v) is 5.19. The Morgan fingerprint density at radius 2 is 1.67 bits per heavy atom. The zero-order valence-corrected chi connectivity index (χ0v) is 11.2. The smallest absolute Gasteiger partial charge is 0.0720 e. The van der Waals surface area contributed by atoms with E-state index in [-0.39, 0.29) is 5.41 Å². The van der Waals surface area contributed by atoms with E-state index in [2.05, 4.69) is 12.1 Å². The van der Waals surface area contributed by atoms with Crippen LogP contribution in [0.4, 0.5) is 0 Å². The van der Waals surface area contributed by atoms with Crippen LogP contribution in [0.1, 0.15) is 18.4 Å². The van der Waals surface area contributed by atoms with Crippen LogP contribution in [0.25, 0.3) is 0 Å². The maximum Gasteiger partial charge on any atom is 0.0720 e. The number of hydrogen-bond donors (Lipinski definition) is 0. The van der Waals surface area contributed by atoms with Gasteiger partial charge in [0.1, 0.15) is 0 Å². The van der Waals surface area contributed by atoms with Crippen molar-refractivity contribution in [1.29, 1.82) is 0 Å². The minimum Gasteiger partial charge on any atom is -0.384 e. The highest BCUT2D eigenvalue weighted by molar-refractivity contribution is 5.13. The van der Waals surface area contributed by atoms with Gasteiger partial charge in [-0.3, -0.25) is 0 Å². The van der Waals surface area contributed by atoms with Crippen LogP contribution in [0.3, 0.4) is 0 Å². The average Bonchev–Trinajstić information content (AvgIpc) is 2.35. The molecule has 0 N–H and O–H groups in total. The fourth-order valence-corrected chi connectivity index (χ4v) is 2.70. The first-order chi connectivity index (χ1) is 8.78. The summed E-state index contributed by atoms with van der Waals surface area (Å²) in [4.78, 5) is 0. The van der Waals surface area contributed by atoms with E-state index >= 15 is 0 Å². The molecule has 0 aliphatic heterocycles. The molecule has 0 atom stereocenters. The van der Waals surface area contributed by atoms with E-state index in [4.69, 9.17) is 14.2 Å². The second-order valence-electron chi connectivity index (χ2n) is 5.19. The lowest BCUT2D eigenvalue weighted by molar-refractivity contribution is -0.138. The van der Waals surface area contributed by atoms with Crippen molar-refractivity contribution < 1.29 is 14.2 Å². The third-order valence-corrected chi connectivity index (χ3v) is 3.55. The van der Waals surface area contributed by atoms with Crippen molar-refractivity contribution in [2.24, 2.45) is 5.41 Å². The summed E-state index contributed by atoms with van der Waals surface area (Å²) in [6, 6.07) is 10.3. The van der Waals surface area contributed by atoms with Gasteiger partial charge in [-0.25, -0.2) is 0 Å². The third-order valence-electron chi connectivity index (χ3n) is 3.55. The zero-order valence-electron chi connectivity index (χ0n) is 11.2. The molecule has 0 spiro atoms. The highest BCUT2D eigenvalue weighted by atomic mass is 16.5. The van der Waals surface area contributed by atoms with Gasteiger partial charge in [-0.2, -0.15) is 0 Å².